The molecular formula is C17H14Cl2N8OS. The van der Waals surface area contributed by atoms with Crippen molar-refractivity contribution >= 4 is 40.8 Å². The van der Waals surface area contributed by atoms with Crippen LogP contribution in [0.1, 0.15) is 17.1 Å². The molecule has 0 aliphatic carbocycles. The molecule has 0 fully saturated rings. The van der Waals surface area contributed by atoms with Gasteiger partial charge in [0, 0.05) is 28.7 Å². The summed E-state index contributed by atoms with van der Waals surface area (Å²) in [5.41, 5.74) is 8.08. The maximum absolute atomic E-state index is 6.18. The lowest BCUT2D eigenvalue weighted by atomic mass is 10.2. The summed E-state index contributed by atoms with van der Waals surface area (Å²) in [6, 6.07) is 5.07. The fraction of sp³-hybridized carbons (Fsp3) is 0.176. The lowest BCUT2D eigenvalue weighted by Gasteiger charge is -2.04. The topological polar surface area (TPSA) is 121 Å². The summed E-state index contributed by atoms with van der Waals surface area (Å²) < 4.78 is 7.34. The number of rotatable bonds is 6. The van der Waals surface area contributed by atoms with E-state index < -0.39 is 0 Å². The fourth-order valence-corrected chi connectivity index (χ4v) is 3.60. The third kappa shape index (κ3) is 4.66. The van der Waals surface area contributed by atoms with E-state index in [-0.39, 0.29) is 0 Å². The van der Waals surface area contributed by atoms with Crippen molar-refractivity contribution in [3.63, 3.8) is 0 Å². The summed E-state index contributed by atoms with van der Waals surface area (Å²) >= 11 is 13.4. The maximum Gasteiger partial charge on any atom is 0.277 e. The third-order valence-electron chi connectivity index (χ3n) is 3.85. The highest BCUT2D eigenvalue weighted by molar-refractivity contribution is 7.98. The number of anilines is 1. The van der Waals surface area contributed by atoms with Gasteiger partial charge in [0.25, 0.3) is 5.22 Å². The van der Waals surface area contributed by atoms with Gasteiger partial charge in [0.05, 0.1) is 22.8 Å². The first-order valence-corrected chi connectivity index (χ1v) is 10.1. The third-order valence-corrected chi connectivity index (χ3v) is 5.25. The van der Waals surface area contributed by atoms with Gasteiger partial charge in [-0.25, -0.2) is 14.6 Å². The van der Waals surface area contributed by atoms with Crippen molar-refractivity contribution in [1.29, 1.82) is 0 Å². The Morgan fingerprint density at radius 3 is 2.86 bits per heavy atom. The summed E-state index contributed by atoms with van der Waals surface area (Å²) in [4.78, 5) is 8.30. The number of nitrogen functional groups attached to an aromatic ring is 1. The minimum absolute atomic E-state index is 0.327. The maximum atomic E-state index is 6.18. The Kier molecular flexibility index (Phi) is 5.65. The Morgan fingerprint density at radius 1 is 1.21 bits per heavy atom. The van der Waals surface area contributed by atoms with E-state index in [1.807, 2.05) is 6.20 Å². The van der Waals surface area contributed by atoms with Crippen molar-refractivity contribution in [3.8, 4) is 11.5 Å². The molecule has 148 valence electrons. The van der Waals surface area contributed by atoms with Crippen LogP contribution in [0.4, 0.5) is 5.82 Å². The molecule has 0 amide bonds. The van der Waals surface area contributed by atoms with Crippen LogP contribution in [0.3, 0.4) is 0 Å². The van der Waals surface area contributed by atoms with E-state index in [1.165, 1.54) is 11.8 Å². The smallest absolute Gasteiger partial charge is 0.277 e. The van der Waals surface area contributed by atoms with E-state index in [4.69, 9.17) is 33.4 Å². The van der Waals surface area contributed by atoms with Crippen LogP contribution in [-0.4, -0.2) is 35.2 Å². The van der Waals surface area contributed by atoms with Crippen LogP contribution in [0.2, 0.25) is 10.0 Å². The number of thioether (sulfide) groups is 1. The molecule has 0 saturated carbocycles. The molecule has 12 heteroatoms. The molecule has 0 radical (unpaired) electrons. The van der Waals surface area contributed by atoms with Crippen LogP contribution in [-0.2, 0) is 12.3 Å². The second kappa shape index (κ2) is 8.36. The Morgan fingerprint density at radius 2 is 2.07 bits per heavy atom. The first-order valence-electron chi connectivity index (χ1n) is 8.36. The minimum atomic E-state index is 0.327. The normalized spacial score (nSPS) is 11.1. The van der Waals surface area contributed by atoms with E-state index in [2.05, 4.69) is 30.5 Å². The molecule has 3 heterocycles. The summed E-state index contributed by atoms with van der Waals surface area (Å²) in [7, 11) is 0. The summed E-state index contributed by atoms with van der Waals surface area (Å²) in [6.45, 7) is 2.22. The molecular weight excluding hydrogens is 435 g/mol. The average molecular weight is 449 g/mol. The molecule has 0 spiro atoms. The Hall–Kier alpha value is -2.69. The number of aryl methyl sites for hydroxylation is 1. The number of aromatic nitrogens is 7. The van der Waals surface area contributed by atoms with Gasteiger partial charge >= 0.3 is 0 Å². The summed E-state index contributed by atoms with van der Waals surface area (Å²) in [5.74, 6) is 1.90. The molecule has 0 saturated heterocycles. The van der Waals surface area contributed by atoms with Gasteiger partial charge in [-0.2, -0.15) is 0 Å². The largest absolute Gasteiger partial charge is 0.411 e. The van der Waals surface area contributed by atoms with E-state index >= 15 is 0 Å². The lowest BCUT2D eigenvalue weighted by molar-refractivity contribution is 0.466. The second-order valence-corrected chi connectivity index (χ2v) is 7.79. The first kappa shape index (κ1) is 19.6. The molecule has 0 unspecified atom stereocenters. The van der Waals surface area contributed by atoms with Gasteiger partial charge in [-0.15, -0.1) is 15.3 Å². The molecule has 4 aromatic rings. The zero-order valence-corrected chi connectivity index (χ0v) is 17.4. The number of benzene rings is 1. The van der Waals surface area contributed by atoms with Crippen molar-refractivity contribution in [1.82, 2.24) is 35.2 Å². The molecule has 4 rings (SSSR count). The van der Waals surface area contributed by atoms with Crippen LogP contribution >= 0.6 is 35.0 Å². The number of nitrogens with zero attached hydrogens (tertiary/aromatic N) is 7. The Bertz CT molecular complexity index is 1160. The molecule has 0 bridgehead atoms. The number of hydrogen-bond donors (Lipinski definition) is 1. The fourth-order valence-electron chi connectivity index (χ4n) is 2.47. The quantitative estimate of drug-likeness (QED) is 0.440. The number of hydrogen-bond acceptors (Lipinski definition) is 9. The van der Waals surface area contributed by atoms with Crippen LogP contribution in [0.25, 0.3) is 11.5 Å². The van der Waals surface area contributed by atoms with Crippen molar-refractivity contribution in [2.45, 2.75) is 24.4 Å². The monoisotopic (exact) mass is 448 g/mol. The number of halogens is 2. The molecule has 0 aliphatic heterocycles. The molecule has 0 atom stereocenters. The van der Waals surface area contributed by atoms with Crippen molar-refractivity contribution < 1.29 is 4.42 Å². The minimum Gasteiger partial charge on any atom is -0.411 e. The highest BCUT2D eigenvalue weighted by Gasteiger charge is 2.14. The van der Waals surface area contributed by atoms with Gasteiger partial charge in [-0.05, 0) is 25.1 Å². The van der Waals surface area contributed by atoms with Crippen LogP contribution < -0.4 is 5.73 Å². The first-order chi connectivity index (χ1) is 14.0. The highest BCUT2D eigenvalue weighted by Crippen LogP contribution is 2.31. The molecule has 9 nitrogen and oxygen atoms in total. The predicted octanol–water partition coefficient (Wildman–Crippen LogP) is 3.66. The van der Waals surface area contributed by atoms with Gasteiger partial charge < -0.3 is 10.2 Å². The van der Waals surface area contributed by atoms with Crippen LogP contribution in [0.15, 0.2) is 40.2 Å². The van der Waals surface area contributed by atoms with E-state index in [9.17, 15) is 0 Å². The Balaban J connectivity index is 1.39. The lowest BCUT2D eigenvalue weighted by Crippen LogP contribution is -2.07. The van der Waals surface area contributed by atoms with Gasteiger partial charge in [-0.1, -0.05) is 40.2 Å². The van der Waals surface area contributed by atoms with Gasteiger partial charge in [-0.3, -0.25) is 0 Å². The van der Waals surface area contributed by atoms with Gasteiger partial charge in [0.15, 0.2) is 0 Å². The van der Waals surface area contributed by atoms with Crippen molar-refractivity contribution in [3.05, 3.63) is 57.7 Å². The average Bonchev–Trinajstić information content (AvgIpc) is 3.32. The van der Waals surface area contributed by atoms with Crippen LogP contribution in [0.5, 0.6) is 0 Å². The highest BCUT2D eigenvalue weighted by atomic mass is 35.5. The van der Waals surface area contributed by atoms with Crippen molar-refractivity contribution in [2.75, 3.05) is 5.73 Å². The molecule has 0 aliphatic rings. The van der Waals surface area contributed by atoms with E-state index in [0.29, 0.717) is 50.7 Å². The molecule has 3 aromatic heterocycles. The summed E-state index contributed by atoms with van der Waals surface area (Å²) in [6.07, 6.45) is 3.51. The summed E-state index contributed by atoms with van der Waals surface area (Å²) in [5, 5.41) is 17.7. The van der Waals surface area contributed by atoms with E-state index in [0.717, 1.165) is 11.3 Å². The number of nitrogens with two attached hydrogens (primary N) is 1. The van der Waals surface area contributed by atoms with Gasteiger partial charge in [0.1, 0.15) is 11.6 Å². The Labute approximate surface area is 179 Å². The molecule has 1 aromatic carbocycles. The predicted molar refractivity (Wildman–Crippen MR) is 110 cm³/mol. The zero-order chi connectivity index (χ0) is 20.4. The van der Waals surface area contributed by atoms with Gasteiger partial charge in [0.2, 0.25) is 5.89 Å². The molecule has 29 heavy (non-hydrogen) atoms. The second-order valence-electron chi connectivity index (χ2n) is 6.02. The standard InChI is InChI=1S/C17H14Cl2N8OS/c1-9-21-5-10(15(20)22-9)6-27-7-12(23-26-27)8-29-17-25-24-16(28-17)13-3-2-11(18)4-14(13)19/h2-5,7H,6,8H2,1H3,(H2,20,21,22). The molecule has 2 N–H and O–H groups in total. The SMILES string of the molecule is Cc1ncc(Cn2cc(CSc3nnc(-c4ccc(Cl)cc4Cl)o3)nn2)c(N)n1. The van der Waals surface area contributed by atoms with Crippen molar-refractivity contribution in [2.24, 2.45) is 0 Å². The van der Waals surface area contributed by atoms with E-state index in [1.54, 1.807) is 36.0 Å². The zero-order valence-electron chi connectivity index (χ0n) is 15.1. The van der Waals surface area contributed by atoms with Crippen LogP contribution in [0, 0.1) is 6.92 Å².